The quantitative estimate of drug-likeness (QED) is 0.655. The van der Waals surface area contributed by atoms with Gasteiger partial charge in [-0.2, -0.15) is 23.1 Å². The zero-order chi connectivity index (χ0) is 19.7. The lowest BCUT2D eigenvalue weighted by Crippen LogP contribution is -2.20. The van der Waals surface area contributed by atoms with Crippen molar-refractivity contribution in [3.05, 3.63) is 24.3 Å². The molecule has 0 spiro atoms. The van der Waals surface area contributed by atoms with Gasteiger partial charge in [0.25, 0.3) is 5.88 Å². The fraction of sp³-hybridized carbons (Fsp3) is 0.231. The third kappa shape index (κ3) is 5.08. The van der Waals surface area contributed by atoms with Crippen LogP contribution in [0.2, 0.25) is 0 Å². The monoisotopic (exact) mass is 395 g/mol. The number of rotatable bonds is 5. The molecule has 0 aliphatic carbocycles. The first kappa shape index (κ1) is 18.5. The van der Waals surface area contributed by atoms with Gasteiger partial charge in [-0.1, -0.05) is 0 Å². The zero-order valence-electron chi connectivity index (χ0n) is 12.8. The molecule has 144 valence electrons. The molecule has 0 bridgehead atoms. The molecule has 1 aromatic carbocycles. The number of alkyl halides is 6. The fourth-order valence-electron chi connectivity index (χ4n) is 1.83. The summed E-state index contributed by atoms with van der Waals surface area (Å²) in [5.41, 5.74) is -0.132. The van der Waals surface area contributed by atoms with Gasteiger partial charge in [-0.25, -0.2) is 4.63 Å². The predicted molar refractivity (Wildman–Crippen MR) is 75.4 cm³/mol. The fourth-order valence-corrected chi connectivity index (χ4v) is 1.83. The molecular formula is C13H7F6N5O3. The molecule has 0 aliphatic rings. The van der Waals surface area contributed by atoms with E-state index in [1.807, 2.05) is 0 Å². The normalized spacial score (nSPS) is 12.2. The molecule has 1 N–H and O–H groups in total. The van der Waals surface area contributed by atoms with Crippen molar-refractivity contribution in [3.8, 4) is 11.6 Å². The van der Waals surface area contributed by atoms with E-state index in [1.54, 1.807) is 0 Å². The Balaban J connectivity index is 1.84. The number of nitrogens with zero attached hydrogens (tertiary/aromatic N) is 4. The predicted octanol–water partition coefficient (Wildman–Crippen LogP) is 3.60. The molecule has 27 heavy (non-hydrogen) atoms. The van der Waals surface area contributed by atoms with Gasteiger partial charge in [0.1, 0.15) is 5.75 Å². The number of benzene rings is 1. The molecule has 3 aromatic rings. The minimum Gasteiger partial charge on any atom is -0.465 e. The van der Waals surface area contributed by atoms with Crippen LogP contribution in [0.25, 0.3) is 11.3 Å². The van der Waals surface area contributed by atoms with Crippen molar-refractivity contribution in [3.63, 3.8) is 0 Å². The first-order valence-electron chi connectivity index (χ1n) is 6.92. The van der Waals surface area contributed by atoms with Crippen molar-refractivity contribution in [2.75, 3.05) is 11.9 Å². The van der Waals surface area contributed by atoms with Gasteiger partial charge < -0.3 is 14.8 Å². The Kier molecular flexibility index (Phi) is 4.63. The highest BCUT2D eigenvalue weighted by Gasteiger charge is 2.31. The SMILES string of the molecule is FC(F)(F)COc1nc2nonc2nc1Nc1ccc(OC(F)(F)F)cc1. The van der Waals surface area contributed by atoms with Gasteiger partial charge in [0.2, 0.25) is 11.3 Å². The van der Waals surface area contributed by atoms with E-state index >= 15 is 0 Å². The third-order valence-corrected chi connectivity index (χ3v) is 2.81. The number of nitrogens with one attached hydrogen (secondary N) is 1. The molecule has 3 rings (SSSR count). The average molecular weight is 395 g/mol. The molecule has 8 nitrogen and oxygen atoms in total. The van der Waals surface area contributed by atoms with Crippen molar-refractivity contribution in [1.82, 2.24) is 20.3 Å². The second kappa shape index (κ2) is 6.77. The van der Waals surface area contributed by atoms with Crippen molar-refractivity contribution >= 4 is 22.8 Å². The molecule has 2 aromatic heterocycles. The topological polar surface area (TPSA) is 95.2 Å². The molecule has 0 unspecified atom stereocenters. The van der Waals surface area contributed by atoms with Crippen molar-refractivity contribution in [1.29, 1.82) is 0 Å². The maximum Gasteiger partial charge on any atom is 0.573 e. The highest BCUT2D eigenvalue weighted by molar-refractivity contribution is 5.71. The number of aromatic nitrogens is 4. The van der Waals surface area contributed by atoms with E-state index in [9.17, 15) is 26.3 Å². The molecule has 0 amide bonds. The lowest BCUT2D eigenvalue weighted by atomic mass is 10.3. The van der Waals surface area contributed by atoms with Crippen molar-refractivity contribution < 1.29 is 40.4 Å². The van der Waals surface area contributed by atoms with Gasteiger partial charge in [0.05, 0.1) is 0 Å². The molecule has 0 saturated heterocycles. The van der Waals surface area contributed by atoms with Crippen molar-refractivity contribution in [2.24, 2.45) is 0 Å². The molecule has 0 saturated carbocycles. The Morgan fingerprint density at radius 2 is 1.56 bits per heavy atom. The second-order valence-electron chi connectivity index (χ2n) is 4.89. The molecule has 2 heterocycles. The van der Waals surface area contributed by atoms with Crippen LogP contribution in [0.4, 0.5) is 37.8 Å². The Labute approximate surface area is 145 Å². The zero-order valence-corrected chi connectivity index (χ0v) is 12.8. The lowest BCUT2D eigenvalue weighted by molar-refractivity contribution is -0.274. The summed E-state index contributed by atoms with van der Waals surface area (Å²) in [6, 6.07) is 4.36. The van der Waals surface area contributed by atoms with Crippen LogP contribution < -0.4 is 14.8 Å². The van der Waals surface area contributed by atoms with Crippen LogP contribution in [-0.4, -0.2) is 39.4 Å². The van der Waals surface area contributed by atoms with Crippen LogP contribution in [0, 0.1) is 0 Å². The summed E-state index contributed by atoms with van der Waals surface area (Å²) >= 11 is 0. The molecule has 0 radical (unpaired) electrons. The van der Waals surface area contributed by atoms with Gasteiger partial charge in [-0.3, -0.25) is 0 Å². The molecule has 14 heteroatoms. The Morgan fingerprint density at radius 3 is 2.15 bits per heavy atom. The lowest BCUT2D eigenvalue weighted by Gasteiger charge is -2.13. The maximum atomic E-state index is 12.4. The van der Waals surface area contributed by atoms with Crippen LogP contribution in [-0.2, 0) is 0 Å². The summed E-state index contributed by atoms with van der Waals surface area (Å²) in [6.45, 7) is -1.65. The van der Waals surface area contributed by atoms with Crippen LogP contribution in [0.15, 0.2) is 28.9 Å². The van der Waals surface area contributed by atoms with E-state index in [1.165, 1.54) is 12.1 Å². The number of hydrogen-bond donors (Lipinski definition) is 1. The summed E-state index contributed by atoms with van der Waals surface area (Å²) in [5.74, 6) is -1.30. The maximum absolute atomic E-state index is 12.4. The summed E-state index contributed by atoms with van der Waals surface area (Å²) in [5, 5.41) is 9.32. The number of halogens is 6. The van der Waals surface area contributed by atoms with Crippen LogP contribution in [0.5, 0.6) is 11.6 Å². The summed E-state index contributed by atoms with van der Waals surface area (Å²) < 4.78 is 86.3. The molecule has 0 aliphatic heterocycles. The molecular weight excluding hydrogens is 388 g/mol. The van der Waals surface area contributed by atoms with Gasteiger partial charge in [0, 0.05) is 5.69 Å². The molecule has 0 fully saturated rings. The van der Waals surface area contributed by atoms with E-state index in [-0.39, 0.29) is 22.8 Å². The highest BCUT2D eigenvalue weighted by atomic mass is 19.4. The minimum atomic E-state index is -4.86. The van der Waals surface area contributed by atoms with E-state index in [0.29, 0.717) is 0 Å². The minimum absolute atomic E-state index is 0.117. The van der Waals surface area contributed by atoms with Gasteiger partial charge >= 0.3 is 12.5 Å². The second-order valence-corrected chi connectivity index (χ2v) is 4.89. The van der Waals surface area contributed by atoms with E-state index < -0.39 is 30.8 Å². The van der Waals surface area contributed by atoms with Crippen molar-refractivity contribution in [2.45, 2.75) is 12.5 Å². The number of anilines is 2. The largest absolute Gasteiger partial charge is 0.573 e. The van der Waals surface area contributed by atoms with Crippen LogP contribution in [0.1, 0.15) is 0 Å². The number of hydrogen-bond acceptors (Lipinski definition) is 8. The van der Waals surface area contributed by atoms with Gasteiger partial charge in [-0.05, 0) is 34.6 Å². The van der Waals surface area contributed by atoms with Crippen LogP contribution >= 0.6 is 0 Å². The van der Waals surface area contributed by atoms with E-state index in [2.05, 4.69) is 39.7 Å². The summed E-state index contributed by atoms with van der Waals surface area (Å²) in [7, 11) is 0. The summed E-state index contributed by atoms with van der Waals surface area (Å²) in [6.07, 6.45) is -9.49. The van der Waals surface area contributed by atoms with E-state index in [0.717, 1.165) is 12.1 Å². The Bertz CT molecular complexity index is 925. The smallest absolute Gasteiger partial charge is 0.465 e. The van der Waals surface area contributed by atoms with Gasteiger partial charge in [0.15, 0.2) is 12.4 Å². The third-order valence-electron chi connectivity index (χ3n) is 2.81. The average Bonchev–Trinajstić information content (AvgIpc) is 2.99. The van der Waals surface area contributed by atoms with Gasteiger partial charge in [-0.15, -0.1) is 13.2 Å². The van der Waals surface area contributed by atoms with E-state index in [4.69, 9.17) is 0 Å². The van der Waals surface area contributed by atoms with Crippen LogP contribution in [0.3, 0.4) is 0 Å². The molecule has 0 atom stereocenters. The first-order chi connectivity index (χ1) is 12.6. The highest BCUT2D eigenvalue weighted by Crippen LogP contribution is 2.29. The number of ether oxygens (including phenoxy) is 2. The number of fused-ring (bicyclic) bond motifs is 1. The Hall–Kier alpha value is -3.32. The Morgan fingerprint density at radius 1 is 0.926 bits per heavy atom. The first-order valence-corrected chi connectivity index (χ1v) is 6.92. The standard InChI is InChI=1S/C13H7F6N5O3/c14-12(15,16)5-25-11-10(21-8-9(22-11)24-27-23-8)20-6-1-3-7(4-2-6)26-13(17,18)19/h1-4H,5H2,(H,20,21,23). The summed E-state index contributed by atoms with van der Waals surface area (Å²) in [4.78, 5) is 7.58.